The maximum absolute atomic E-state index is 12.1. The van der Waals surface area contributed by atoms with Gasteiger partial charge in [-0.05, 0) is 68.1 Å². The second-order valence-corrected chi connectivity index (χ2v) is 10.4. The number of rotatable bonds is 5. The van der Waals surface area contributed by atoms with Gasteiger partial charge in [-0.2, -0.15) is 4.98 Å². The van der Waals surface area contributed by atoms with Crippen LogP contribution in [0, 0.1) is 17.8 Å². The predicted molar refractivity (Wildman–Crippen MR) is 126 cm³/mol. The lowest BCUT2D eigenvalue weighted by atomic mass is 9.52. The van der Waals surface area contributed by atoms with E-state index in [-0.39, 0.29) is 23.8 Å². The van der Waals surface area contributed by atoms with E-state index in [1.54, 1.807) is 0 Å². The van der Waals surface area contributed by atoms with Gasteiger partial charge in [-0.15, -0.1) is 0 Å². The molecule has 5 aliphatic rings. The van der Waals surface area contributed by atoms with Crippen LogP contribution in [0.15, 0.2) is 24.4 Å². The molecule has 10 nitrogen and oxygen atoms in total. The van der Waals surface area contributed by atoms with Gasteiger partial charge in [0.25, 0.3) is 5.91 Å². The molecule has 4 bridgehead atoms. The van der Waals surface area contributed by atoms with Gasteiger partial charge in [0.2, 0.25) is 5.95 Å². The van der Waals surface area contributed by atoms with Gasteiger partial charge < -0.3 is 36.6 Å². The van der Waals surface area contributed by atoms with E-state index in [9.17, 15) is 15.0 Å². The number of β-amino-alcohol motifs (C(OH)–C–C–N with tert-alkyl or cyclic N) is 1. The largest absolute Gasteiger partial charge is 0.489 e. The fraction of sp³-hybridized carbons (Fsp3) is 0.542. The second-order valence-electron chi connectivity index (χ2n) is 10.4. The molecule has 10 heteroatoms. The molecule has 3 atom stereocenters. The summed E-state index contributed by atoms with van der Waals surface area (Å²) in [5.74, 6) is 2.04. The predicted octanol–water partition coefficient (Wildman–Crippen LogP) is 1.84. The van der Waals surface area contributed by atoms with Crippen molar-refractivity contribution in [2.24, 2.45) is 23.5 Å². The van der Waals surface area contributed by atoms with Gasteiger partial charge in [0.1, 0.15) is 24.3 Å². The van der Waals surface area contributed by atoms with E-state index in [0.29, 0.717) is 41.8 Å². The molecule has 0 saturated heterocycles. The van der Waals surface area contributed by atoms with Crippen LogP contribution in [0.2, 0.25) is 0 Å². The fourth-order valence-corrected chi connectivity index (χ4v) is 6.59. The van der Waals surface area contributed by atoms with Crippen LogP contribution in [0.1, 0.15) is 42.5 Å². The van der Waals surface area contributed by atoms with Crippen molar-refractivity contribution in [2.75, 3.05) is 29.1 Å². The van der Waals surface area contributed by atoms with Crippen LogP contribution in [-0.2, 0) is 0 Å². The van der Waals surface area contributed by atoms with Crippen LogP contribution >= 0.6 is 0 Å². The maximum Gasteiger partial charge on any atom is 0.254 e. The van der Waals surface area contributed by atoms with E-state index in [0.717, 1.165) is 43.5 Å². The van der Waals surface area contributed by atoms with Crippen LogP contribution < -0.4 is 26.4 Å². The summed E-state index contributed by atoms with van der Waals surface area (Å²) in [5.41, 5.74) is 7.22. The first kappa shape index (κ1) is 21.4. The Morgan fingerprint density at radius 3 is 2.76 bits per heavy atom. The SMILES string of the molecule is NC(=O)c1cnc(Nc2ccc3c(c2)NC[C@H](O)CO3)nc1NC12CC3CC(C1)C(O)C(C3)C2. The highest BCUT2D eigenvalue weighted by Crippen LogP contribution is 2.56. The number of aliphatic hydroxyl groups is 2. The van der Waals surface area contributed by atoms with Crippen molar-refractivity contribution < 1.29 is 19.7 Å². The summed E-state index contributed by atoms with van der Waals surface area (Å²) >= 11 is 0. The number of nitrogens with one attached hydrogen (secondary N) is 3. The van der Waals surface area contributed by atoms with Gasteiger partial charge in [0, 0.05) is 24.0 Å². The molecule has 1 aliphatic heterocycles. The molecule has 2 heterocycles. The number of aliphatic hydroxyl groups excluding tert-OH is 2. The minimum Gasteiger partial charge on any atom is -0.489 e. The molecular formula is C24H30N6O4. The lowest BCUT2D eigenvalue weighted by Gasteiger charge is -2.59. The summed E-state index contributed by atoms with van der Waals surface area (Å²) < 4.78 is 5.62. The van der Waals surface area contributed by atoms with Gasteiger partial charge >= 0.3 is 0 Å². The molecule has 1 aromatic heterocycles. The monoisotopic (exact) mass is 466 g/mol. The van der Waals surface area contributed by atoms with Gasteiger partial charge in [0.15, 0.2) is 0 Å². The third kappa shape index (κ3) is 3.80. The third-order valence-electron chi connectivity index (χ3n) is 7.86. The van der Waals surface area contributed by atoms with Crippen molar-refractivity contribution >= 4 is 29.0 Å². The van der Waals surface area contributed by atoms with Crippen molar-refractivity contribution in [3.05, 3.63) is 30.0 Å². The van der Waals surface area contributed by atoms with Gasteiger partial charge in [-0.3, -0.25) is 4.79 Å². The number of carbonyl (C=O) groups is 1. The summed E-state index contributed by atoms with van der Waals surface area (Å²) in [5, 5.41) is 30.4. The smallest absolute Gasteiger partial charge is 0.254 e. The fourth-order valence-electron chi connectivity index (χ4n) is 6.59. The molecular weight excluding hydrogens is 436 g/mol. The summed E-state index contributed by atoms with van der Waals surface area (Å²) in [6, 6.07) is 5.53. The highest BCUT2D eigenvalue weighted by molar-refractivity contribution is 5.97. The number of benzene rings is 1. The normalized spacial score (nSPS) is 33.3. The Labute approximate surface area is 197 Å². The van der Waals surface area contributed by atoms with Crippen LogP contribution in [0.5, 0.6) is 5.75 Å². The minimum absolute atomic E-state index is 0.183. The number of nitrogens with zero attached hydrogens (tertiary/aromatic N) is 2. The average Bonchev–Trinajstić information content (AvgIpc) is 2.98. The summed E-state index contributed by atoms with van der Waals surface area (Å²) in [6.07, 6.45) is 5.56. The average molecular weight is 467 g/mol. The molecule has 0 spiro atoms. The zero-order valence-corrected chi connectivity index (χ0v) is 18.8. The van der Waals surface area contributed by atoms with E-state index in [4.69, 9.17) is 10.5 Å². The zero-order valence-electron chi connectivity index (χ0n) is 18.8. The molecule has 34 heavy (non-hydrogen) atoms. The summed E-state index contributed by atoms with van der Waals surface area (Å²) in [7, 11) is 0. The molecule has 4 saturated carbocycles. The Kier molecular flexibility index (Phi) is 5.03. The molecule has 4 fully saturated rings. The molecule has 0 radical (unpaired) electrons. The Morgan fingerprint density at radius 2 is 2.00 bits per heavy atom. The number of fused-ring (bicyclic) bond motifs is 1. The molecule has 2 aromatic rings. The number of amides is 1. The number of hydrogen-bond acceptors (Lipinski definition) is 9. The maximum atomic E-state index is 12.1. The second kappa shape index (κ2) is 7.99. The molecule has 1 amide bonds. The number of primary amides is 1. The van der Waals surface area contributed by atoms with Crippen LogP contribution in [0.3, 0.4) is 0 Å². The topological polar surface area (TPSA) is 155 Å². The van der Waals surface area contributed by atoms with Crippen molar-refractivity contribution in [3.8, 4) is 5.75 Å². The van der Waals surface area contributed by atoms with Crippen LogP contribution in [0.25, 0.3) is 0 Å². The number of ether oxygens (including phenoxy) is 1. The quantitative estimate of drug-likeness (QED) is 0.387. The molecule has 4 aliphatic carbocycles. The number of hydrogen-bond donors (Lipinski definition) is 6. The third-order valence-corrected chi connectivity index (χ3v) is 7.86. The Morgan fingerprint density at radius 1 is 1.21 bits per heavy atom. The lowest BCUT2D eigenvalue weighted by Crippen LogP contribution is -2.60. The first-order valence-electron chi connectivity index (χ1n) is 12.0. The molecule has 1 aromatic carbocycles. The van der Waals surface area contributed by atoms with E-state index in [2.05, 4.69) is 25.9 Å². The van der Waals surface area contributed by atoms with E-state index < -0.39 is 12.0 Å². The number of carbonyl (C=O) groups excluding carboxylic acids is 1. The minimum atomic E-state index is -0.580. The highest BCUT2D eigenvalue weighted by Gasteiger charge is 2.55. The Balaban J connectivity index is 1.26. The Hall–Kier alpha value is -3.11. The molecule has 7 N–H and O–H groups in total. The standard InChI is InChI=1S/C24H30N6O4/c25-21(33)17-10-27-23(28-15-1-2-19-18(5-15)26-9-16(31)11-34-19)29-22(17)30-24-6-12-3-13(7-24)20(32)14(4-12)8-24/h1-2,5,10,12-14,16,20,26,31-32H,3-4,6-9,11H2,(H2,25,33)(H2,27,28,29,30)/t12?,13?,14?,16-,20?,24?/m0/s1. The van der Waals surface area contributed by atoms with Crippen LogP contribution in [-0.4, -0.2) is 57.0 Å². The molecule has 2 unspecified atom stereocenters. The van der Waals surface area contributed by atoms with E-state index in [1.807, 2.05) is 18.2 Å². The van der Waals surface area contributed by atoms with Crippen molar-refractivity contribution in [3.63, 3.8) is 0 Å². The van der Waals surface area contributed by atoms with E-state index >= 15 is 0 Å². The van der Waals surface area contributed by atoms with Crippen molar-refractivity contribution in [1.29, 1.82) is 0 Å². The van der Waals surface area contributed by atoms with Gasteiger partial charge in [-0.1, -0.05) is 0 Å². The zero-order chi connectivity index (χ0) is 23.4. The number of anilines is 4. The summed E-state index contributed by atoms with van der Waals surface area (Å²) in [4.78, 5) is 21.1. The lowest BCUT2D eigenvalue weighted by molar-refractivity contribution is -0.0961. The van der Waals surface area contributed by atoms with Crippen LogP contribution in [0.4, 0.5) is 23.1 Å². The molecule has 180 valence electrons. The van der Waals surface area contributed by atoms with E-state index in [1.165, 1.54) is 6.20 Å². The first-order chi connectivity index (χ1) is 16.4. The van der Waals surface area contributed by atoms with Crippen molar-refractivity contribution in [2.45, 2.75) is 49.9 Å². The highest BCUT2D eigenvalue weighted by atomic mass is 16.5. The molecule has 7 rings (SSSR count). The summed E-state index contributed by atoms with van der Waals surface area (Å²) in [6.45, 7) is 0.634. The first-order valence-corrected chi connectivity index (χ1v) is 12.0. The van der Waals surface area contributed by atoms with Gasteiger partial charge in [0.05, 0.1) is 17.4 Å². The Bertz CT molecular complexity index is 1110. The number of nitrogens with two attached hydrogens (primary N) is 1. The van der Waals surface area contributed by atoms with Gasteiger partial charge in [-0.25, -0.2) is 4.98 Å². The number of aromatic nitrogens is 2. The van der Waals surface area contributed by atoms with Crippen molar-refractivity contribution in [1.82, 2.24) is 9.97 Å².